The lowest BCUT2D eigenvalue weighted by atomic mass is 10.1. The lowest BCUT2D eigenvalue weighted by Crippen LogP contribution is -2.23. The minimum absolute atomic E-state index is 0.132. The quantitative estimate of drug-likeness (QED) is 0.511. The Hall–Kier alpha value is -3.11. The standard InChI is InChI=1S/C20H17N5OS/c1-12-7-6-8-13(2)17(12)25-18(26)15-9-4-5-10-16(15)24-19(25)22-23-20(24)27-14(3)11-21/h4-10,14H,1-3H3. The minimum Gasteiger partial charge on any atom is -0.268 e. The Labute approximate surface area is 160 Å². The molecule has 7 heteroatoms. The van der Waals surface area contributed by atoms with Crippen LogP contribution in [-0.2, 0) is 0 Å². The molecule has 1 atom stereocenters. The summed E-state index contributed by atoms with van der Waals surface area (Å²) < 4.78 is 3.49. The van der Waals surface area contributed by atoms with Gasteiger partial charge in [-0.25, -0.2) is 4.57 Å². The molecule has 0 spiro atoms. The number of rotatable bonds is 3. The number of para-hydroxylation sites is 2. The van der Waals surface area contributed by atoms with Crippen LogP contribution in [0.25, 0.3) is 22.4 Å². The zero-order valence-corrected chi connectivity index (χ0v) is 16.0. The third kappa shape index (κ3) is 2.69. The molecule has 0 fully saturated rings. The fourth-order valence-electron chi connectivity index (χ4n) is 3.30. The first-order valence-electron chi connectivity index (χ1n) is 8.54. The van der Waals surface area contributed by atoms with Crippen molar-refractivity contribution in [3.05, 3.63) is 63.9 Å². The van der Waals surface area contributed by atoms with Crippen LogP contribution in [0.2, 0.25) is 0 Å². The fraction of sp³-hybridized carbons (Fsp3) is 0.200. The van der Waals surface area contributed by atoms with Gasteiger partial charge in [-0.3, -0.25) is 9.20 Å². The van der Waals surface area contributed by atoms with Gasteiger partial charge in [0.05, 0.1) is 27.9 Å². The minimum atomic E-state index is -0.281. The van der Waals surface area contributed by atoms with E-state index in [0.29, 0.717) is 16.3 Å². The zero-order chi connectivity index (χ0) is 19.1. The summed E-state index contributed by atoms with van der Waals surface area (Å²) in [7, 11) is 0. The molecule has 4 rings (SSSR count). The second kappa shape index (κ2) is 6.56. The van der Waals surface area contributed by atoms with Crippen LogP contribution >= 0.6 is 11.8 Å². The van der Waals surface area contributed by atoms with Gasteiger partial charge in [0.2, 0.25) is 5.78 Å². The van der Waals surface area contributed by atoms with Gasteiger partial charge in [0.15, 0.2) is 5.16 Å². The maximum absolute atomic E-state index is 13.4. The van der Waals surface area contributed by atoms with Crippen molar-refractivity contribution < 1.29 is 0 Å². The van der Waals surface area contributed by atoms with Gasteiger partial charge >= 0.3 is 0 Å². The summed E-state index contributed by atoms with van der Waals surface area (Å²) in [6.07, 6.45) is 0. The molecule has 0 saturated carbocycles. The van der Waals surface area contributed by atoms with E-state index in [0.717, 1.165) is 22.3 Å². The molecule has 0 aliphatic rings. The topological polar surface area (TPSA) is 76.0 Å². The average molecular weight is 375 g/mol. The fourth-order valence-corrected chi connectivity index (χ4v) is 4.04. The number of fused-ring (bicyclic) bond motifs is 3. The number of thioether (sulfide) groups is 1. The van der Waals surface area contributed by atoms with Crippen LogP contribution in [0.3, 0.4) is 0 Å². The Kier molecular flexibility index (Phi) is 4.21. The zero-order valence-electron chi connectivity index (χ0n) is 15.2. The van der Waals surface area contributed by atoms with E-state index in [1.54, 1.807) is 4.57 Å². The summed E-state index contributed by atoms with van der Waals surface area (Å²) in [6, 6.07) is 15.5. The van der Waals surface area contributed by atoms with Gasteiger partial charge in [-0.15, -0.1) is 10.2 Å². The highest BCUT2D eigenvalue weighted by Crippen LogP contribution is 2.27. The molecular weight excluding hydrogens is 358 g/mol. The van der Waals surface area contributed by atoms with E-state index in [1.165, 1.54) is 11.8 Å². The predicted molar refractivity (Wildman–Crippen MR) is 106 cm³/mol. The lowest BCUT2D eigenvalue weighted by Gasteiger charge is -2.15. The Morgan fingerprint density at radius 3 is 2.48 bits per heavy atom. The monoisotopic (exact) mass is 375 g/mol. The van der Waals surface area contributed by atoms with E-state index in [1.807, 2.05) is 67.6 Å². The maximum atomic E-state index is 13.4. The first-order chi connectivity index (χ1) is 13.0. The van der Waals surface area contributed by atoms with Crippen LogP contribution in [0.1, 0.15) is 18.1 Å². The normalized spacial score (nSPS) is 12.4. The van der Waals surface area contributed by atoms with E-state index in [9.17, 15) is 10.1 Å². The number of benzene rings is 2. The molecule has 27 heavy (non-hydrogen) atoms. The Balaban J connectivity index is 2.18. The van der Waals surface area contributed by atoms with Crippen molar-refractivity contribution in [1.82, 2.24) is 19.2 Å². The van der Waals surface area contributed by atoms with Crippen molar-refractivity contribution in [1.29, 1.82) is 5.26 Å². The van der Waals surface area contributed by atoms with Crippen molar-refractivity contribution in [3.63, 3.8) is 0 Å². The average Bonchev–Trinajstić information content (AvgIpc) is 3.07. The summed E-state index contributed by atoms with van der Waals surface area (Å²) in [5.41, 5.74) is 3.38. The van der Waals surface area contributed by atoms with Crippen molar-refractivity contribution in [2.45, 2.75) is 31.2 Å². The second-order valence-corrected chi connectivity index (χ2v) is 7.71. The largest absolute Gasteiger partial charge is 0.268 e. The maximum Gasteiger partial charge on any atom is 0.267 e. The molecule has 134 valence electrons. The van der Waals surface area contributed by atoms with E-state index in [4.69, 9.17) is 0 Å². The Morgan fingerprint density at radius 2 is 1.78 bits per heavy atom. The van der Waals surface area contributed by atoms with Crippen molar-refractivity contribution in [2.24, 2.45) is 0 Å². The number of aryl methyl sites for hydroxylation is 2. The first kappa shape index (κ1) is 17.3. The highest BCUT2D eigenvalue weighted by Gasteiger charge is 2.20. The Bertz CT molecular complexity index is 1260. The summed E-state index contributed by atoms with van der Waals surface area (Å²) >= 11 is 1.33. The third-order valence-electron chi connectivity index (χ3n) is 4.52. The molecule has 0 radical (unpaired) electrons. The van der Waals surface area contributed by atoms with Crippen LogP contribution in [0.15, 0.2) is 52.4 Å². The second-order valence-electron chi connectivity index (χ2n) is 6.41. The highest BCUT2D eigenvalue weighted by atomic mass is 32.2. The van der Waals surface area contributed by atoms with E-state index < -0.39 is 0 Å². The predicted octanol–water partition coefficient (Wildman–Crippen LogP) is 3.65. The number of nitriles is 1. The summed E-state index contributed by atoms with van der Waals surface area (Å²) in [5, 5.41) is 18.7. The van der Waals surface area contributed by atoms with E-state index in [2.05, 4.69) is 16.3 Å². The van der Waals surface area contributed by atoms with Crippen molar-refractivity contribution in [3.8, 4) is 11.8 Å². The molecular formula is C20H17N5OS. The molecule has 2 aromatic carbocycles. The van der Waals surface area contributed by atoms with Crippen LogP contribution in [0.5, 0.6) is 0 Å². The first-order valence-corrected chi connectivity index (χ1v) is 9.42. The van der Waals surface area contributed by atoms with E-state index in [-0.39, 0.29) is 10.8 Å². The molecule has 0 aliphatic carbocycles. The SMILES string of the molecule is Cc1cccc(C)c1-n1c(=O)c2ccccc2n2c(SC(C)C#N)nnc12. The molecule has 0 saturated heterocycles. The van der Waals surface area contributed by atoms with Gasteiger partial charge in [-0.1, -0.05) is 42.1 Å². The molecule has 0 aliphatic heterocycles. The molecule has 6 nitrogen and oxygen atoms in total. The summed E-state index contributed by atoms with van der Waals surface area (Å²) in [5.74, 6) is 0.448. The number of nitrogens with zero attached hydrogens (tertiary/aromatic N) is 5. The van der Waals surface area contributed by atoms with Gasteiger partial charge in [0, 0.05) is 0 Å². The molecule has 0 bridgehead atoms. The van der Waals surface area contributed by atoms with Crippen LogP contribution in [0.4, 0.5) is 0 Å². The van der Waals surface area contributed by atoms with Crippen LogP contribution in [-0.4, -0.2) is 24.4 Å². The Morgan fingerprint density at radius 1 is 1.07 bits per heavy atom. The van der Waals surface area contributed by atoms with Gasteiger partial charge in [0.25, 0.3) is 5.56 Å². The molecule has 2 aromatic heterocycles. The molecule has 1 unspecified atom stereocenters. The number of hydrogen-bond donors (Lipinski definition) is 0. The highest BCUT2D eigenvalue weighted by molar-refractivity contribution is 8.00. The third-order valence-corrected chi connectivity index (χ3v) is 5.46. The molecule has 0 N–H and O–H groups in total. The number of aromatic nitrogens is 4. The summed E-state index contributed by atoms with van der Waals surface area (Å²) in [6.45, 7) is 5.77. The molecule has 2 heterocycles. The van der Waals surface area contributed by atoms with Crippen molar-refractivity contribution >= 4 is 28.4 Å². The molecule has 4 aromatic rings. The van der Waals surface area contributed by atoms with E-state index >= 15 is 0 Å². The molecule has 0 amide bonds. The summed E-state index contributed by atoms with van der Waals surface area (Å²) in [4.78, 5) is 13.4. The number of hydrogen-bond acceptors (Lipinski definition) is 5. The smallest absolute Gasteiger partial charge is 0.267 e. The van der Waals surface area contributed by atoms with Gasteiger partial charge < -0.3 is 0 Å². The lowest BCUT2D eigenvalue weighted by molar-refractivity contribution is 0.923. The van der Waals surface area contributed by atoms with Gasteiger partial charge in [0.1, 0.15) is 0 Å². The van der Waals surface area contributed by atoms with Gasteiger partial charge in [-0.2, -0.15) is 5.26 Å². The van der Waals surface area contributed by atoms with Gasteiger partial charge in [-0.05, 0) is 44.0 Å². The van der Waals surface area contributed by atoms with Crippen molar-refractivity contribution in [2.75, 3.05) is 0 Å². The van der Waals surface area contributed by atoms with Crippen LogP contribution in [0, 0.1) is 25.2 Å². The van der Waals surface area contributed by atoms with Crippen LogP contribution < -0.4 is 5.56 Å².